The molecule has 8 nitrogen and oxygen atoms in total. The lowest BCUT2D eigenvalue weighted by Gasteiger charge is -2.20. The highest BCUT2D eigenvalue weighted by Crippen LogP contribution is 2.29. The van der Waals surface area contributed by atoms with Crippen molar-refractivity contribution < 1.29 is 19.4 Å². The Kier molecular flexibility index (Phi) is 5.66. The lowest BCUT2D eigenvalue weighted by molar-refractivity contribution is 0.159. The lowest BCUT2D eigenvalue weighted by Crippen LogP contribution is -2.36. The number of amides is 2. The van der Waals surface area contributed by atoms with Crippen molar-refractivity contribution in [2.45, 2.75) is 45.6 Å². The Morgan fingerprint density at radius 2 is 2.14 bits per heavy atom. The van der Waals surface area contributed by atoms with Crippen LogP contribution in [0.4, 0.5) is 10.5 Å². The number of pyridine rings is 1. The molecule has 146 valence electrons. The number of carbonyl (C=O) groups excluding carboxylic acids is 1. The van der Waals surface area contributed by atoms with Gasteiger partial charge in [-0.3, -0.25) is 4.90 Å². The first kappa shape index (κ1) is 19.5. The van der Waals surface area contributed by atoms with Gasteiger partial charge < -0.3 is 19.9 Å². The van der Waals surface area contributed by atoms with Crippen LogP contribution in [-0.2, 0) is 0 Å². The van der Waals surface area contributed by atoms with Crippen LogP contribution in [0.3, 0.4) is 0 Å². The number of nitrogens with one attached hydrogen (secondary N) is 1. The van der Waals surface area contributed by atoms with Gasteiger partial charge in [0.25, 0.3) is 0 Å². The molecule has 0 aliphatic carbocycles. The van der Waals surface area contributed by atoms with Crippen molar-refractivity contribution in [3.05, 3.63) is 42.1 Å². The summed E-state index contributed by atoms with van der Waals surface area (Å²) in [6.45, 7) is 5.64. The van der Waals surface area contributed by atoms with Gasteiger partial charge in [-0.05, 0) is 38.5 Å². The fraction of sp³-hybridized carbons (Fsp3) is 0.350. The summed E-state index contributed by atoms with van der Waals surface area (Å²) in [6, 6.07) is 9.58. The zero-order chi connectivity index (χ0) is 20.3. The van der Waals surface area contributed by atoms with Gasteiger partial charge in [0.15, 0.2) is 6.23 Å². The topological polar surface area (TPSA) is 108 Å². The number of aliphatic hydroxyl groups is 1. The number of hydrogen-bond donors (Lipinski definition) is 2. The van der Waals surface area contributed by atoms with Gasteiger partial charge in [0.2, 0.25) is 5.88 Å². The van der Waals surface area contributed by atoms with Crippen LogP contribution in [0, 0.1) is 11.3 Å². The van der Waals surface area contributed by atoms with Crippen LogP contribution in [-0.4, -0.2) is 34.5 Å². The normalized spacial score (nSPS) is 18.7. The quantitative estimate of drug-likeness (QED) is 0.795. The number of ether oxygens (including phenoxy) is 2. The van der Waals surface area contributed by atoms with Gasteiger partial charge in [0.1, 0.15) is 17.6 Å². The first-order valence-electron chi connectivity index (χ1n) is 9.05. The number of nitriles is 1. The Hall–Kier alpha value is -3.31. The van der Waals surface area contributed by atoms with Gasteiger partial charge in [-0.2, -0.15) is 5.26 Å². The van der Waals surface area contributed by atoms with E-state index >= 15 is 0 Å². The predicted molar refractivity (Wildman–Crippen MR) is 102 cm³/mol. The second-order valence-electron chi connectivity index (χ2n) is 6.64. The van der Waals surface area contributed by atoms with E-state index in [1.165, 1.54) is 11.1 Å². The fourth-order valence-electron chi connectivity index (χ4n) is 2.89. The summed E-state index contributed by atoms with van der Waals surface area (Å²) < 4.78 is 11.4. The van der Waals surface area contributed by atoms with E-state index in [-0.39, 0.29) is 18.2 Å². The fourth-order valence-corrected chi connectivity index (χ4v) is 2.89. The Morgan fingerprint density at radius 3 is 2.71 bits per heavy atom. The second-order valence-corrected chi connectivity index (χ2v) is 6.64. The van der Waals surface area contributed by atoms with Gasteiger partial charge in [0, 0.05) is 12.1 Å². The van der Waals surface area contributed by atoms with Gasteiger partial charge in [-0.1, -0.05) is 6.92 Å². The highest BCUT2D eigenvalue weighted by molar-refractivity contribution is 5.94. The van der Waals surface area contributed by atoms with Crippen LogP contribution < -0.4 is 19.7 Å². The van der Waals surface area contributed by atoms with E-state index in [0.717, 1.165) is 0 Å². The van der Waals surface area contributed by atoms with Crippen LogP contribution in [0.5, 0.6) is 17.4 Å². The van der Waals surface area contributed by atoms with Crippen LogP contribution in [0.2, 0.25) is 0 Å². The molecule has 0 bridgehead atoms. The minimum atomic E-state index is -0.944. The molecule has 1 aromatic carbocycles. The number of carbonyl (C=O) groups is 1. The summed E-state index contributed by atoms with van der Waals surface area (Å²) >= 11 is 0. The minimum absolute atomic E-state index is 0.0789. The van der Waals surface area contributed by atoms with Crippen LogP contribution >= 0.6 is 0 Å². The summed E-state index contributed by atoms with van der Waals surface area (Å²) in [6.07, 6.45) is 1.06. The molecular formula is C20H22N4O4. The molecule has 3 rings (SSSR count). The molecule has 8 heteroatoms. The molecule has 2 aromatic rings. The molecule has 0 saturated carbocycles. The molecule has 2 atom stereocenters. The molecule has 1 unspecified atom stereocenters. The summed E-state index contributed by atoms with van der Waals surface area (Å²) in [7, 11) is 0. The summed E-state index contributed by atoms with van der Waals surface area (Å²) in [5.74, 6) is 1.22. The van der Waals surface area contributed by atoms with Crippen LogP contribution in [0.15, 0.2) is 36.5 Å². The summed E-state index contributed by atoms with van der Waals surface area (Å²) in [5, 5.41) is 22.2. The molecule has 1 aromatic heterocycles. The number of nitrogens with zero attached hydrogens (tertiary/aromatic N) is 3. The van der Waals surface area contributed by atoms with Crippen molar-refractivity contribution in [2.24, 2.45) is 0 Å². The maximum absolute atomic E-state index is 12.1. The second kappa shape index (κ2) is 8.15. The van der Waals surface area contributed by atoms with E-state index in [1.54, 1.807) is 30.3 Å². The molecule has 1 saturated heterocycles. The summed E-state index contributed by atoms with van der Waals surface area (Å²) in [4.78, 5) is 17.5. The molecule has 2 amide bonds. The van der Waals surface area contributed by atoms with E-state index in [2.05, 4.69) is 16.4 Å². The standard InChI is InChI=1S/C20H22N4O4/c1-4-16-19(25)24(20(26)23-16)14-6-8-18(22-11-14)28-15-7-5-13(10-21)17(9-15)27-12(2)3/h5-9,11-12,16,19,25H,4H2,1-3H3,(H,23,26)/t16-,19?/m1/s1. The maximum atomic E-state index is 12.1. The number of aliphatic hydroxyl groups excluding tert-OH is 1. The van der Waals surface area contributed by atoms with Crippen molar-refractivity contribution in [2.75, 3.05) is 4.90 Å². The smallest absolute Gasteiger partial charge is 0.324 e. The van der Waals surface area contributed by atoms with Crippen molar-refractivity contribution in [3.8, 4) is 23.4 Å². The van der Waals surface area contributed by atoms with E-state index in [1.807, 2.05) is 20.8 Å². The third kappa shape index (κ3) is 4.00. The monoisotopic (exact) mass is 382 g/mol. The van der Waals surface area contributed by atoms with E-state index in [4.69, 9.17) is 9.47 Å². The van der Waals surface area contributed by atoms with E-state index < -0.39 is 6.23 Å². The van der Waals surface area contributed by atoms with Gasteiger partial charge in [-0.15, -0.1) is 0 Å². The highest BCUT2D eigenvalue weighted by atomic mass is 16.5. The van der Waals surface area contributed by atoms with Gasteiger partial charge >= 0.3 is 6.03 Å². The number of rotatable bonds is 6. The Morgan fingerprint density at radius 1 is 1.36 bits per heavy atom. The van der Waals surface area contributed by atoms with Crippen molar-refractivity contribution in [3.63, 3.8) is 0 Å². The minimum Gasteiger partial charge on any atom is -0.489 e. The largest absolute Gasteiger partial charge is 0.489 e. The lowest BCUT2D eigenvalue weighted by atomic mass is 10.2. The van der Waals surface area contributed by atoms with Crippen molar-refractivity contribution >= 4 is 11.7 Å². The molecule has 1 aliphatic heterocycles. The molecule has 1 aliphatic rings. The van der Waals surface area contributed by atoms with Gasteiger partial charge in [-0.25, -0.2) is 9.78 Å². The SMILES string of the molecule is CC[C@H]1NC(=O)N(c2ccc(Oc3ccc(C#N)c(OC(C)C)c3)nc2)C1O. The molecular weight excluding hydrogens is 360 g/mol. The number of hydrogen-bond acceptors (Lipinski definition) is 6. The zero-order valence-electron chi connectivity index (χ0n) is 15.9. The first-order chi connectivity index (χ1) is 13.4. The third-order valence-corrected chi connectivity index (χ3v) is 4.25. The highest BCUT2D eigenvalue weighted by Gasteiger charge is 2.38. The van der Waals surface area contributed by atoms with Crippen LogP contribution in [0.1, 0.15) is 32.8 Å². The molecule has 0 radical (unpaired) electrons. The van der Waals surface area contributed by atoms with Crippen molar-refractivity contribution in [1.29, 1.82) is 5.26 Å². The van der Waals surface area contributed by atoms with E-state index in [9.17, 15) is 15.2 Å². The molecule has 28 heavy (non-hydrogen) atoms. The summed E-state index contributed by atoms with van der Waals surface area (Å²) in [5.41, 5.74) is 0.890. The average Bonchev–Trinajstić information content (AvgIpc) is 2.96. The molecule has 0 spiro atoms. The molecule has 1 fully saturated rings. The van der Waals surface area contributed by atoms with Crippen molar-refractivity contribution in [1.82, 2.24) is 10.3 Å². The zero-order valence-corrected chi connectivity index (χ0v) is 15.9. The predicted octanol–water partition coefficient (Wildman–Crippen LogP) is 3.16. The Balaban J connectivity index is 1.76. The maximum Gasteiger partial charge on any atom is 0.324 e. The van der Waals surface area contributed by atoms with Crippen LogP contribution in [0.25, 0.3) is 0 Å². The first-order valence-corrected chi connectivity index (χ1v) is 9.05. The molecule has 2 N–H and O–H groups in total. The van der Waals surface area contributed by atoms with Gasteiger partial charge in [0.05, 0.1) is 29.6 Å². The third-order valence-electron chi connectivity index (χ3n) is 4.25. The Labute approximate surface area is 163 Å². The Bertz CT molecular complexity index is 892. The average molecular weight is 382 g/mol. The molecule has 2 heterocycles. The number of urea groups is 1. The number of aromatic nitrogens is 1. The number of benzene rings is 1. The number of anilines is 1. The van der Waals surface area contributed by atoms with E-state index in [0.29, 0.717) is 35.1 Å².